The lowest BCUT2D eigenvalue weighted by molar-refractivity contribution is 0.288. The standard InChI is InChI=1S/C19H18O4.C19H14O4/c2*1-22-16-8-6-14(7-9-16)17-12-15-5-4-13(3-2-10-20)11-18(15)23-19(17)21/h4-9,11-12,20H,2-3,10H2,1H3;4-9,11-12,20H,10H2,1H3. The summed E-state index contributed by atoms with van der Waals surface area (Å²) in [4.78, 5) is 24.5. The van der Waals surface area contributed by atoms with Gasteiger partial charge in [0.05, 0.1) is 25.3 Å². The zero-order valence-corrected chi connectivity index (χ0v) is 25.4. The third kappa shape index (κ3) is 7.53. The third-order valence-electron chi connectivity index (χ3n) is 7.27. The van der Waals surface area contributed by atoms with Crippen molar-refractivity contribution in [2.75, 3.05) is 27.4 Å². The van der Waals surface area contributed by atoms with Gasteiger partial charge in [0, 0.05) is 22.9 Å². The predicted molar refractivity (Wildman–Crippen MR) is 178 cm³/mol. The summed E-state index contributed by atoms with van der Waals surface area (Å²) >= 11 is 0. The fraction of sp³-hybridized carbons (Fsp3) is 0.158. The minimum absolute atomic E-state index is 0.151. The van der Waals surface area contributed by atoms with E-state index >= 15 is 0 Å². The normalized spacial score (nSPS) is 10.5. The Bertz CT molecular complexity index is 2130. The van der Waals surface area contributed by atoms with E-state index in [4.69, 9.17) is 28.5 Å². The van der Waals surface area contributed by atoms with Gasteiger partial charge >= 0.3 is 11.3 Å². The van der Waals surface area contributed by atoms with Crippen LogP contribution in [0.3, 0.4) is 0 Å². The highest BCUT2D eigenvalue weighted by Gasteiger charge is 2.10. The second kappa shape index (κ2) is 14.9. The highest BCUT2D eigenvalue weighted by molar-refractivity contribution is 5.83. The van der Waals surface area contributed by atoms with Gasteiger partial charge in [0.2, 0.25) is 0 Å². The van der Waals surface area contributed by atoms with E-state index in [1.165, 1.54) is 0 Å². The van der Waals surface area contributed by atoms with Gasteiger partial charge in [0.25, 0.3) is 0 Å². The van der Waals surface area contributed by atoms with Gasteiger partial charge in [-0.3, -0.25) is 0 Å². The Morgan fingerprint density at radius 2 is 1.17 bits per heavy atom. The molecule has 8 nitrogen and oxygen atoms in total. The van der Waals surface area contributed by atoms with Crippen LogP contribution in [0.5, 0.6) is 11.5 Å². The summed E-state index contributed by atoms with van der Waals surface area (Å²) in [5.41, 5.74) is 4.60. The molecule has 0 bridgehead atoms. The molecule has 0 unspecified atom stereocenters. The number of aryl methyl sites for hydroxylation is 1. The van der Waals surface area contributed by atoms with E-state index in [0.29, 0.717) is 34.3 Å². The SMILES string of the molecule is COc1ccc(-c2cc3ccc(C#CCO)cc3oc2=O)cc1.COc1ccc(-c2cc3ccc(CCCO)cc3oc2=O)cc1. The first-order valence-corrected chi connectivity index (χ1v) is 14.6. The summed E-state index contributed by atoms with van der Waals surface area (Å²) in [6.07, 6.45) is 1.45. The predicted octanol–water partition coefficient (Wildman–Crippen LogP) is 6.21. The first-order chi connectivity index (χ1) is 22.4. The summed E-state index contributed by atoms with van der Waals surface area (Å²) in [5.74, 6) is 6.83. The Labute approximate surface area is 265 Å². The third-order valence-corrected chi connectivity index (χ3v) is 7.27. The molecule has 46 heavy (non-hydrogen) atoms. The van der Waals surface area contributed by atoms with Crippen molar-refractivity contribution in [3.05, 3.63) is 129 Å². The Hall–Kier alpha value is -5.62. The van der Waals surface area contributed by atoms with Crippen molar-refractivity contribution in [3.8, 4) is 45.6 Å². The van der Waals surface area contributed by atoms with E-state index < -0.39 is 5.63 Å². The van der Waals surface area contributed by atoms with Crippen LogP contribution in [0.2, 0.25) is 0 Å². The minimum Gasteiger partial charge on any atom is -0.497 e. The van der Waals surface area contributed by atoms with Gasteiger partial charge in [-0.1, -0.05) is 48.2 Å². The molecule has 6 rings (SSSR count). The van der Waals surface area contributed by atoms with E-state index in [1.807, 2.05) is 72.8 Å². The van der Waals surface area contributed by atoms with Crippen molar-refractivity contribution < 1.29 is 28.5 Å². The van der Waals surface area contributed by atoms with Crippen molar-refractivity contribution in [1.29, 1.82) is 0 Å². The molecular formula is C38H32O8. The molecule has 0 atom stereocenters. The number of aliphatic hydroxyl groups is 2. The van der Waals surface area contributed by atoms with Crippen LogP contribution in [0.4, 0.5) is 0 Å². The van der Waals surface area contributed by atoms with Crippen molar-refractivity contribution in [2.24, 2.45) is 0 Å². The van der Waals surface area contributed by atoms with E-state index in [2.05, 4.69) is 11.8 Å². The maximum absolute atomic E-state index is 12.3. The van der Waals surface area contributed by atoms with Gasteiger partial charge in [0.1, 0.15) is 29.3 Å². The number of ether oxygens (including phenoxy) is 2. The molecule has 0 fully saturated rings. The molecule has 0 aliphatic rings. The van der Waals surface area contributed by atoms with E-state index in [0.717, 1.165) is 45.4 Å². The lowest BCUT2D eigenvalue weighted by Gasteiger charge is -2.06. The molecule has 0 amide bonds. The van der Waals surface area contributed by atoms with Crippen molar-refractivity contribution >= 4 is 21.9 Å². The Kier molecular flexibility index (Phi) is 10.3. The summed E-state index contributed by atoms with van der Waals surface area (Å²) in [6.45, 7) is -0.0587. The first-order valence-electron chi connectivity index (χ1n) is 14.6. The molecule has 6 aromatic rings. The van der Waals surface area contributed by atoms with Crippen molar-refractivity contribution in [1.82, 2.24) is 0 Å². The van der Waals surface area contributed by atoms with Crippen LogP contribution in [0, 0.1) is 11.8 Å². The van der Waals surface area contributed by atoms with Crippen LogP contribution in [0.1, 0.15) is 17.5 Å². The minimum atomic E-state index is -0.407. The van der Waals surface area contributed by atoms with Crippen LogP contribution < -0.4 is 20.7 Å². The second-order valence-corrected chi connectivity index (χ2v) is 10.3. The van der Waals surface area contributed by atoms with Gasteiger partial charge in [-0.15, -0.1) is 0 Å². The molecule has 0 aliphatic carbocycles. The highest BCUT2D eigenvalue weighted by atomic mass is 16.5. The molecule has 0 radical (unpaired) electrons. The van der Waals surface area contributed by atoms with Crippen LogP contribution in [-0.4, -0.2) is 37.6 Å². The quantitative estimate of drug-likeness (QED) is 0.161. The molecule has 2 N–H and O–H groups in total. The molecule has 0 spiro atoms. The van der Waals surface area contributed by atoms with Crippen molar-refractivity contribution in [3.63, 3.8) is 0 Å². The average molecular weight is 617 g/mol. The van der Waals surface area contributed by atoms with Crippen LogP contribution in [0.25, 0.3) is 44.2 Å². The Morgan fingerprint density at radius 1 is 0.652 bits per heavy atom. The van der Waals surface area contributed by atoms with E-state index in [-0.39, 0.29) is 18.8 Å². The lowest BCUT2D eigenvalue weighted by atomic mass is 10.0. The summed E-state index contributed by atoms with van der Waals surface area (Å²) in [7, 11) is 3.20. The fourth-order valence-electron chi connectivity index (χ4n) is 4.87. The van der Waals surface area contributed by atoms with E-state index in [9.17, 15) is 9.59 Å². The number of fused-ring (bicyclic) bond motifs is 2. The first kappa shape index (κ1) is 31.8. The smallest absolute Gasteiger partial charge is 0.344 e. The Balaban J connectivity index is 0.000000181. The molecular weight excluding hydrogens is 584 g/mol. The zero-order valence-electron chi connectivity index (χ0n) is 25.4. The molecule has 0 saturated heterocycles. The number of hydrogen-bond donors (Lipinski definition) is 2. The van der Waals surface area contributed by atoms with E-state index in [1.54, 1.807) is 38.5 Å². The van der Waals surface area contributed by atoms with Crippen molar-refractivity contribution in [2.45, 2.75) is 12.8 Å². The molecule has 0 saturated carbocycles. The van der Waals surface area contributed by atoms with Gasteiger partial charge in [-0.05, 0) is 90.2 Å². The van der Waals surface area contributed by atoms with Crippen LogP contribution >= 0.6 is 0 Å². The molecule has 0 aliphatic heterocycles. The molecule has 2 aromatic heterocycles. The summed E-state index contributed by atoms with van der Waals surface area (Å²) < 4.78 is 21.1. The molecule has 232 valence electrons. The largest absolute Gasteiger partial charge is 0.497 e. The maximum Gasteiger partial charge on any atom is 0.344 e. The number of benzene rings is 4. The number of methoxy groups -OCH3 is 2. The zero-order chi connectivity index (χ0) is 32.5. The Morgan fingerprint density at radius 3 is 1.67 bits per heavy atom. The number of hydrogen-bond acceptors (Lipinski definition) is 8. The summed E-state index contributed by atoms with van der Waals surface area (Å²) in [6, 6.07) is 29.3. The monoisotopic (exact) mass is 616 g/mol. The molecule has 2 heterocycles. The highest BCUT2D eigenvalue weighted by Crippen LogP contribution is 2.25. The van der Waals surface area contributed by atoms with Crippen LogP contribution in [0.15, 0.2) is 115 Å². The summed E-state index contributed by atoms with van der Waals surface area (Å²) in [5, 5.41) is 19.3. The number of aliphatic hydroxyl groups excluding tert-OH is 2. The lowest BCUT2D eigenvalue weighted by Crippen LogP contribution is -2.03. The molecule has 4 aromatic carbocycles. The van der Waals surface area contributed by atoms with Gasteiger partial charge in [-0.25, -0.2) is 9.59 Å². The molecule has 8 heteroatoms. The van der Waals surface area contributed by atoms with Crippen LogP contribution in [-0.2, 0) is 6.42 Å². The number of rotatable bonds is 7. The average Bonchev–Trinajstić information content (AvgIpc) is 3.09. The van der Waals surface area contributed by atoms with Gasteiger partial charge in [0.15, 0.2) is 0 Å². The van der Waals surface area contributed by atoms with Gasteiger partial charge < -0.3 is 28.5 Å². The maximum atomic E-state index is 12.3. The second-order valence-electron chi connectivity index (χ2n) is 10.3. The van der Waals surface area contributed by atoms with Gasteiger partial charge in [-0.2, -0.15) is 0 Å². The topological polar surface area (TPSA) is 119 Å². The fourth-order valence-corrected chi connectivity index (χ4v) is 4.87.